The smallest absolute Gasteiger partial charge is 0.154 e. The minimum absolute atomic E-state index is 0.916. The quantitative estimate of drug-likeness (QED) is 0.803. The minimum atomic E-state index is 0.916. The van der Waals surface area contributed by atoms with Crippen LogP contribution in [0.1, 0.15) is 25.7 Å². The van der Waals surface area contributed by atoms with Gasteiger partial charge in [-0.1, -0.05) is 12.8 Å². The molecule has 1 aliphatic carbocycles. The fourth-order valence-corrected chi connectivity index (χ4v) is 2.20. The van der Waals surface area contributed by atoms with Crippen LogP contribution in [0.5, 0.6) is 0 Å². The van der Waals surface area contributed by atoms with Crippen LogP contribution in [0.2, 0.25) is 0 Å². The van der Waals surface area contributed by atoms with E-state index >= 15 is 0 Å². The summed E-state index contributed by atoms with van der Waals surface area (Å²) in [5.41, 5.74) is 2.10. The number of rotatable bonds is 5. The van der Waals surface area contributed by atoms with E-state index in [1.165, 1.54) is 25.7 Å². The number of aryl methyl sites for hydroxylation is 1. The van der Waals surface area contributed by atoms with E-state index < -0.39 is 0 Å². The maximum atomic E-state index is 4.38. The second-order valence-corrected chi connectivity index (χ2v) is 4.90. The Balaban J connectivity index is 1.66. The highest BCUT2D eigenvalue weighted by Crippen LogP contribution is 2.33. The molecular weight excluding hydrogens is 212 g/mol. The van der Waals surface area contributed by atoms with E-state index in [0.29, 0.717) is 0 Å². The Labute approximate surface area is 101 Å². The first-order chi connectivity index (χ1) is 8.34. The predicted octanol–water partition coefficient (Wildman–Crippen LogP) is 2.57. The molecule has 2 aromatic rings. The lowest BCUT2D eigenvalue weighted by Crippen LogP contribution is -2.04. The van der Waals surface area contributed by atoms with Crippen LogP contribution in [0.3, 0.4) is 0 Å². The molecule has 1 fully saturated rings. The number of hydrogen-bond acceptors (Lipinski definition) is 3. The average Bonchev–Trinajstić information content (AvgIpc) is 3.09. The second-order valence-electron chi connectivity index (χ2n) is 4.90. The summed E-state index contributed by atoms with van der Waals surface area (Å²) in [6.07, 6.45) is 9.14. The van der Waals surface area contributed by atoms with Crippen molar-refractivity contribution < 1.29 is 0 Å². The van der Waals surface area contributed by atoms with Crippen molar-refractivity contribution in [3.8, 4) is 0 Å². The summed E-state index contributed by atoms with van der Waals surface area (Å²) in [4.78, 5) is 8.75. The van der Waals surface area contributed by atoms with Crippen molar-refractivity contribution in [2.75, 3.05) is 11.9 Å². The normalized spacial score (nSPS) is 15.4. The predicted molar refractivity (Wildman–Crippen MR) is 69.0 cm³/mol. The summed E-state index contributed by atoms with van der Waals surface area (Å²) in [7, 11) is 2.01. The molecule has 1 aliphatic rings. The molecular formula is C13H18N4. The topological polar surface area (TPSA) is 42.7 Å². The van der Waals surface area contributed by atoms with E-state index in [0.717, 1.165) is 29.3 Å². The molecule has 4 heteroatoms. The highest BCUT2D eigenvalue weighted by Gasteiger charge is 2.20. The van der Waals surface area contributed by atoms with Gasteiger partial charge in [-0.2, -0.15) is 0 Å². The fraction of sp³-hybridized carbons (Fsp3) is 0.538. The lowest BCUT2D eigenvalue weighted by atomic mass is 10.2. The second kappa shape index (κ2) is 4.35. The van der Waals surface area contributed by atoms with Crippen molar-refractivity contribution in [1.29, 1.82) is 0 Å². The number of fused-ring (bicyclic) bond motifs is 1. The van der Waals surface area contributed by atoms with Gasteiger partial charge in [0.2, 0.25) is 0 Å². The van der Waals surface area contributed by atoms with Crippen LogP contribution < -0.4 is 5.32 Å². The lowest BCUT2D eigenvalue weighted by Gasteiger charge is -2.05. The number of imidazole rings is 1. The molecule has 1 saturated carbocycles. The molecule has 0 atom stereocenters. The van der Waals surface area contributed by atoms with Crippen molar-refractivity contribution in [3.05, 3.63) is 18.6 Å². The van der Waals surface area contributed by atoms with Gasteiger partial charge in [-0.25, -0.2) is 9.97 Å². The molecule has 17 heavy (non-hydrogen) atoms. The zero-order chi connectivity index (χ0) is 11.7. The number of hydrogen-bond donors (Lipinski definition) is 1. The van der Waals surface area contributed by atoms with Gasteiger partial charge in [0, 0.05) is 19.8 Å². The van der Waals surface area contributed by atoms with Crippen LogP contribution in [0.25, 0.3) is 11.0 Å². The third-order valence-electron chi connectivity index (χ3n) is 3.42. The van der Waals surface area contributed by atoms with Crippen LogP contribution in [0.15, 0.2) is 18.6 Å². The summed E-state index contributed by atoms with van der Waals surface area (Å²) < 4.78 is 2.02. The summed E-state index contributed by atoms with van der Waals surface area (Å²) in [6.45, 7) is 0.999. The Morgan fingerprint density at radius 2 is 2.29 bits per heavy atom. The molecule has 0 saturated heterocycles. The Hall–Kier alpha value is -1.58. The highest BCUT2D eigenvalue weighted by atomic mass is 15.1. The van der Waals surface area contributed by atoms with E-state index in [9.17, 15) is 0 Å². The Bertz CT molecular complexity index is 513. The van der Waals surface area contributed by atoms with E-state index in [-0.39, 0.29) is 0 Å². The summed E-state index contributed by atoms with van der Waals surface area (Å²) in [5.74, 6) is 1.93. The largest absolute Gasteiger partial charge is 0.368 e. The molecule has 90 valence electrons. The fourth-order valence-electron chi connectivity index (χ4n) is 2.20. The molecule has 3 rings (SSSR count). The van der Waals surface area contributed by atoms with Crippen molar-refractivity contribution in [1.82, 2.24) is 14.5 Å². The first kappa shape index (κ1) is 10.6. The maximum absolute atomic E-state index is 4.38. The molecule has 0 bridgehead atoms. The Morgan fingerprint density at radius 1 is 1.41 bits per heavy atom. The highest BCUT2D eigenvalue weighted by molar-refractivity contribution is 5.85. The van der Waals surface area contributed by atoms with Crippen LogP contribution in [0.4, 0.5) is 5.82 Å². The van der Waals surface area contributed by atoms with Gasteiger partial charge in [0.25, 0.3) is 0 Å². The zero-order valence-electron chi connectivity index (χ0n) is 10.2. The van der Waals surface area contributed by atoms with Gasteiger partial charge in [0.1, 0.15) is 5.52 Å². The maximum Gasteiger partial charge on any atom is 0.154 e. The van der Waals surface area contributed by atoms with Gasteiger partial charge in [-0.05, 0) is 24.8 Å². The molecule has 4 nitrogen and oxygen atoms in total. The van der Waals surface area contributed by atoms with Gasteiger partial charge in [-0.3, -0.25) is 0 Å². The molecule has 0 aliphatic heterocycles. The Morgan fingerprint density at radius 3 is 3.12 bits per heavy atom. The van der Waals surface area contributed by atoms with Crippen molar-refractivity contribution in [2.45, 2.75) is 25.7 Å². The number of nitrogens with one attached hydrogen (secondary N) is 1. The van der Waals surface area contributed by atoms with Crippen molar-refractivity contribution >= 4 is 16.9 Å². The molecule has 2 heterocycles. The van der Waals surface area contributed by atoms with Gasteiger partial charge in [0.15, 0.2) is 5.82 Å². The average molecular weight is 230 g/mol. The van der Waals surface area contributed by atoms with Gasteiger partial charge < -0.3 is 9.88 Å². The van der Waals surface area contributed by atoms with Gasteiger partial charge in [0.05, 0.1) is 11.8 Å². The summed E-state index contributed by atoms with van der Waals surface area (Å²) >= 11 is 0. The number of nitrogens with zero attached hydrogens (tertiary/aromatic N) is 3. The summed E-state index contributed by atoms with van der Waals surface area (Å²) in [6, 6.07) is 2.00. The number of anilines is 1. The van der Waals surface area contributed by atoms with Gasteiger partial charge >= 0.3 is 0 Å². The van der Waals surface area contributed by atoms with Crippen molar-refractivity contribution in [3.63, 3.8) is 0 Å². The van der Waals surface area contributed by atoms with Crippen LogP contribution in [0, 0.1) is 5.92 Å². The molecule has 1 N–H and O–H groups in total. The SMILES string of the molecule is Cn1cnc2c(NCCCC3CC3)nccc21. The zero-order valence-corrected chi connectivity index (χ0v) is 10.2. The van der Waals surface area contributed by atoms with Crippen molar-refractivity contribution in [2.24, 2.45) is 13.0 Å². The number of pyridine rings is 1. The van der Waals surface area contributed by atoms with Gasteiger partial charge in [-0.15, -0.1) is 0 Å². The van der Waals surface area contributed by atoms with Crippen LogP contribution in [-0.2, 0) is 7.05 Å². The lowest BCUT2D eigenvalue weighted by molar-refractivity contribution is 0.687. The third-order valence-corrected chi connectivity index (χ3v) is 3.42. The molecule has 0 amide bonds. The first-order valence-electron chi connectivity index (χ1n) is 6.34. The molecule has 0 unspecified atom stereocenters. The van der Waals surface area contributed by atoms with Crippen LogP contribution >= 0.6 is 0 Å². The molecule has 0 spiro atoms. The van der Waals surface area contributed by atoms with E-state index in [2.05, 4.69) is 15.3 Å². The molecule has 0 radical (unpaired) electrons. The summed E-state index contributed by atoms with van der Waals surface area (Å²) in [5, 5.41) is 3.40. The van der Waals surface area contributed by atoms with E-state index in [1.54, 1.807) is 0 Å². The molecule has 2 aromatic heterocycles. The van der Waals surface area contributed by atoms with Crippen LogP contribution in [-0.4, -0.2) is 21.1 Å². The first-order valence-corrected chi connectivity index (χ1v) is 6.34. The number of aromatic nitrogens is 3. The monoisotopic (exact) mass is 230 g/mol. The van der Waals surface area contributed by atoms with E-state index in [1.807, 2.05) is 30.2 Å². The molecule has 0 aromatic carbocycles. The minimum Gasteiger partial charge on any atom is -0.368 e. The standard InChI is InChI=1S/C13H18N4/c1-17-9-16-12-11(17)6-8-15-13(12)14-7-2-3-10-4-5-10/h6,8-10H,2-5,7H2,1H3,(H,14,15). The third kappa shape index (κ3) is 2.25. The van der Waals surface area contributed by atoms with E-state index in [4.69, 9.17) is 0 Å². The Kier molecular flexibility index (Phi) is 2.71.